The Morgan fingerprint density at radius 2 is 1.49 bits per heavy atom. The lowest BCUT2D eigenvalue weighted by molar-refractivity contribution is -0.258. The van der Waals surface area contributed by atoms with Gasteiger partial charge in [-0.05, 0) is 68.7 Å². The van der Waals surface area contributed by atoms with E-state index in [1.807, 2.05) is 35.2 Å². The molecule has 0 aromatic heterocycles. The third-order valence-electron chi connectivity index (χ3n) is 7.53. The summed E-state index contributed by atoms with van der Waals surface area (Å²) in [5, 5.41) is 9.91. The molecule has 0 radical (unpaired) electrons. The van der Waals surface area contributed by atoms with E-state index >= 15 is 0 Å². The highest BCUT2D eigenvalue weighted by Gasteiger charge is 2.51. The first-order valence-electron chi connectivity index (χ1n) is 11.9. The standard InChI is InChI=1S/C27H30F3NO4/c1-25(34,27(28,29)30)19-10-8-18(9-11-19)23(32)31(21-12-13-21)22-14-16-26(17-15-22,24(33)35-2)20-6-4-3-5-7-20/h3-11,21-22,34H,12-17H2,1-2H3/t22-,25-,26-/m0/s1. The summed E-state index contributed by atoms with van der Waals surface area (Å²) in [6.45, 7) is 0.697. The fraction of sp³-hybridized carbons (Fsp3) is 0.481. The number of ether oxygens (including phenoxy) is 1. The minimum absolute atomic E-state index is 0.0746. The molecular weight excluding hydrogens is 459 g/mol. The molecule has 8 heteroatoms. The lowest BCUT2D eigenvalue weighted by atomic mass is 9.68. The smallest absolute Gasteiger partial charge is 0.421 e. The second-order valence-corrected chi connectivity index (χ2v) is 9.76. The third kappa shape index (κ3) is 4.68. The molecule has 5 nitrogen and oxygen atoms in total. The van der Waals surface area contributed by atoms with Crippen LogP contribution in [0.1, 0.15) is 66.9 Å². The van der Waals surface area contributed by atoms with Gasteiger partial charge in [-0.15, -0.1) is 0 Å². The Hall–Kier alpha value is -2.87. The van der Waals surface area contributed by atoms with Crippen LogP contribution in [0.25, 0.3) is 0 Å². The van der Waals surface area contributed by atoms with Crippen molar-refractivity contribution < 1.29 is 32.6 Å². The Labute approximate surface area is 202 Å². The number of benzene rings is 2. The SMILES string of the molecule is COC(=O)[C@]1(c2ccccc2)CC[C@@H](N(C(=O)c2ccc([C@](C)(O)C(F)(F)F)cc2)C2CC2)CC1. The van der Waals surface area contributed by atoms with Crippen molar-refractivity contribution in [2.24, 2.45) is 0 Å². The molecule has 2 aromatic carbocycles. The first-order chi connectivity index (χ1) is 16.5. The number of hydrogen-bond acceptors (Lipinski definition) is 4. The van der Waals surface area contributed by atoms with Crippen LogP contribution >= 0.6 is 0 Å². The number of carbonyl (C=O) groups is 2. The molecule has 2 saturated carbocycles. The molecule has 0 unspecified atom stereocenters. The zero-order valence-corrected chi connectivity index (χ0v) is 19.8. The summed E-state index contributed by atoms with van der Waals surface area (Å²) in [5.41, 5.74) is -2.88. The van der Waals surface area contributed by atoms with Crippen molar-refractivity contribution in [2.75, 3.05) is 7.11 Å². The number of halogens is 3. The van der Waals surface area contributed by atoms with Crippen molar-refractivity contribution >= 4 is 11.9 Å². The first kappa shape index (κ1) is 25.2. The third-order valence-corrected chi connectivity index (χ3v) is 7.53. The van der Waals surface area contributed by atoms with E-state index in [9.17, 15) is 27.9 Å². The van der Waals surface area contributed by atoms with Crippen LogP contribution in [-0.4, -0.2) is 47.3 Å². The highest BCUT2D eigenvalue weighted by Crippen LogP contribution is 2.44. The van der Waals surface area contributed by atoms with Crippen LogP contribution in [-0.2, 0) is 20.5 Å². The minimum Gasteiger partial charge on any atom is -0.468 e. The van der Waals surface area contributed by atoms with Gasteiger partial charge >= 0.3 is 12.1 Å². The van der Waals surface area contributed by atoms with Gasteiger partial charge in [0.25, 0.3) is 5.91 Å². The van der Waals surface area contributed by atoms with Crippen molar-refractivity contribution in [1.29, 1.82) is 0 Å². The van der Waals surface area contributed by atoms with Gasteiger partial charge in [-0.1, -0.05) is 42.5 Å². The summed E-state index contributed by atoms with van der Waals surface area (Å²) in [7, 11) is 1.39. The zero-order valence-electron chi connectivity index (χ0n) is 19.8. The van der Waals surface area contributed by atoms with Crippen molar-refractivity contribution in [3.8, 4) is 0 Å². The number of rotatable bonds is 6. The zero-order chi connectivity index (χ0) is 25.4. The van der Waals surface area contributed by atoms with Crippen LogP contribution in [0.3, 0.4) is 0 Å². The maximum Gasteiger partial charge on any atom is 0.421 e. The summed E-state index contributed by atoms with van der Waals surface area (Å²) in [4.78, 5) is 28.2. The number of methoxy groups -OCH3 is 1. The predicted molar refractivity (Wildman–Crippen MR) is 124 cm³/mol. The summed E-state index contributed by atoms with van der Waals surface area (Å²) >= 11 is 0. The molecule has 2 fully saturated rings. The van der Waals surface area contributed by atoms with E-state index in [2.05, 4.69) is 0 Å². The van der Waals surface area contributed by atoms with Gasteiger partial charge < -0.3 is 14.7 Å². The van der Waals surface area contributed by atoms with Crippen molar-refractivity contribution in [2.45, 2.75) is 74.7 Å². The lowest BCUT2D eigenvalue weighted by Crippen LogP contribution is -2.49. The van der Waals surface area contributed by atoms with Crippen LogP contribution in [0, 0.1) is 0 Å². The maximum absolute atomic E-state index is 13.5. The van der Waals surface area contributed by atoms with Gasteiger partial charge in [-0.3, -0.25) is 9.59 Å². The molecule has 1 amide bonds. The highest BCUT2D eigenvalue weighted by molar-refractivity contribution is 5.95. The van der Waals surface area contributed by atoms with Gasteiger partial charge in [0.05, 0.1) is 12.5 Å². The molecule has 2 aliphatic rings. The van der Waals surface area contributed by atoms with Crippen LogP contribution in [0.5, 0.6) is 0 Å². The van der Waals surface area contributed by atoms with Gasteiger partial charge in [-0.2, -0.15) is 13.2 Å². The van der Waals surface area contributed by atoms with Crippen LogP contribution in [0.15, 0.2) is 54.6 Å². The van der Waals surface area contributed by atoms with Gasteiger partial charge in [0, 0.05) is 17.6 Å². The molecular formula is C27H30F3NO4. The molecule has 1 N–H and O–H groups in total. The Morgan fingerprint density at radius 1 is 0.943 bits per heavy atom. The number of esters is 1. The lowest BCUT2D eigenvalue weighted by Gasteiger charge is -2.42. The Morgan fingerprint density at radius 3 is 1.97 bits per heavy atom. The second-order valence-electron chi connectivity index (χ2n) is 9.76. The number of carbonyl (C=O) groups excluding carboxylic acids is 2. The van der Waals surface area contributed by atoms with Crippen LogP contribution in [0.2, 0.25) is 0 Å². The van der Waals surface area contributed by atoms with Crippen molar-refractivity contribution in [3.05, 3.63) is 71.3 Å². The number of amides is 1. The molecule has 188 valence electrons. The average molecular weight is 490 g/mol. The molecule has 2 aliphatic carbocycles. The van der Waals surface area contributed by atoms with E-state index in [0.717, 1.165) is 30.5 Å². The normalized spacial score (nSPS) is 24.3. The van der Waals surface area contributed by atoms with E-state index in [0.29, 0.717) is 32.6 Å². The fourth-order valence-electron chi connectivity index (χ4n) is 5.17. The van der Waals surface area contributed by atoms with E-state index in [1.54, 1.807) is 0 Å². The van der Waals surface area contributed by atoms with E-state index < -0.39 is 17.2 Å². The van der Waals surface area contributed by atoms with E-state index in [-0.39, 0.29) is 35.1 Å². The number of aliphatic hydroxyl groups is 1. The fourth-order valence-corrected chi connectivity index (χ4v) is 5.17. The molecule has 0 spiro atoms. The molecule has 0 heterocycles. The van der Waals surface area contributed by atoms with Gasteiger partial charge in [0.1, 0.15) is 0 Å². The maximum atomic E-state index is 13.5. The van der Waals surface area contributed by atoms with Gasteiger partial charge in [-0.25, -0.2) is 0 Å². The number of alkyl halides is 3. The van der Waals surface area contributed by atoms with Crippen LogP contribution in [0.4, 0.5) is 13.2 Å². The van der Waals surface area contributed by atoms with Crippen LogP contribution < -0.4 is 0 Å². The van der Waals surface area contributed by atoms with E-state index in [4.69, 9.17) is 4.74 Å². The number of hydrogen-bond donors (Lipinski definition) is 1. The van der Waals surface area contributed by atoms with Gasteiger partial charge in [0.15, 0.2) is 5.60 Å². The summed E-state index contributed by atoms with van der Waals surface area (Å²) in [6.07, 6.45) is -0.754. The van der Waals surface area contributed by atoms with Crippen molar-refractivity contribution in [3.63, 3.8) is 0 Å². The molecule has 1 atom stereocenters. The summed E-state index contributed by atoms with van der Waals surface area (Å²) < 4.78 is 44.7. The van der Waals surface area contributed by atoms with Crippen molar-refractivity contribution in [1.82, 2.24) is 4.90 Å². The Balaban J connectivity index is 1.53. The Kier molecular flexibility index (Phi) is 6.70. The first-order valence-corrected chi connectivity index (χ1v) is 11.9. The summed E-state index contributed by atoms with van der Waals surface area (Å²) in [5.74, 6) is -0.514. The molecule has 2 aromatic rings. The Bertz CT molecular complexity index is 1050. The molecule has 0 saturated heterocycles. The largest absolute Gasteiger partial charge is 0.468 e. The molecule has 0 bridgehead atoms. The topological polar surface area (TPSA) is 66.8 Å². The quantitative estimate of drug-likeness (QED) is 0.573. The molecule has 35 heavy (non-hydrogen) atoms. The minimum atomic E-state index is -4.83. The van der Waals surface area contributed by atoms with E-state index in [1.165, 1.54) is 19.2 Å². The summed E-state index contributed by atoms with van der Waals surface area (Å²) in [6, 6.07) is 14.6. The average Bonchev–Trinajstić information content (AvgIpc) is 3.69. The monoisotopic (exact) mass is 489 g/mol. The predicted octanol–water partition coefficient (Wildman–Crippen LogP) is 5.11. The molecule has 0 aliphatic heterocycles. The number of nitrogens with zero attached hydrogens (tertiary/aromatic N) is 1. The molecule has 4 rings (SSSR count). The second kappa shape index (κ2) is 9.30. The van der Waals surface area contributed by atoms with Gasteiger partial charge in [0.2, 0.25) is 0 Å². The highest BCUT2D eigenvalue weighted by atomic mass is 19.4.